The summed E-state index contributed by atoms with van der Waals surface area (Å²) in [6, 6.07) is 8.18. The molecule has 1 saturated heterocycles. The number of benzene rings is 1. The number of hydrogen-bond donors (Lipinski definition) is 1. The molecule has 0 bridgehead atoms. The summed E-state index contributed by atoms with van der Waals surface area (Å²) < 4.78 is 47.9. The number of rotatable bonds is 5. The second kappa shape index (κ2) is 8.48. The number of amides is 1. The van der Waals surface area contributed by atoms with Gasteiger partial charge in [0.2, 0.25) is 5.91 Å². The molecule has 3 heterocycles. The number of carbonyl (C=O) groups excluding carboxylic acids is 1. The number of halogens is 3. The lowest BCUT2D eigenvalue weighted by molar-refractivity contribution is -0.275. The molecule has 2 aliphatic heterocycles. The van der Waals surface area contributed by atoms with E-state index in [1.807, 2.05) is 13.8 Å². The van der Waals surface area contributed by atoms with E-state index in [9.17, 15) is 23.1 Å². The number of aryl methyl sites for hydroxylation is 1. The van der Waals surface area contributed by atoms with E-state index in [2.05, 4.69) is 10.3 Å². The average Bonchev–Trinajstić information content (AvgIpc) is 3.46. The first kappa shape index (κ1) is 23.3. The van der Waals surface area contributed by atoms with Crippen LogP contribution in [-0.4, -0.2) is 51.6 Å². The monoisotopic (exact) mass is 465 g/mol. The summed E-state index contributed by atoms with van der Waals surface area (Å²) in [5.41, 5.74) is -2.00. The molecule has 1 amide bonds. The maximum Gasteiger partial charge on any atom is 0.435 e. The van der Waals surface area contributed by atoms with Crippen molar-refractivity contribution in [1.29, 1.82) is 0 Å². The Hall–Kier alpha value is -2.88. The molecular formula is C23H26F3N3O4. The summed E-state index contributed by atoms with van der Waals surface area (Å²) in [7, 11) is 0. The van der Waals surface area contributed by atoms with Crippen molar-refractivity contribution in [2.24, 2.45) is 11.1 Å². The third kappa shape index (κ3) is 4.12. The molecule has 4 atom stereocenters. The first-order valence-electron chi connectivity index (χ1n) is 10.8. The summed E-state index contributed by atoms with van der Waals surface area (Å²) in [6.07, 6.45) is -6.10. The molecule has 10 heteroatoms. The Balaban J connectivity index is 1.64. The molecule has 0 saturated carbocycles. The van der Waals surface area contributed by atoms with Crippen LogP contribution in [0.1, 0.15) is 49.6 Å². The van der Waals surface area contributed by atoms with Gasteiger partial charge in [0.1, 0.15) is 11.7 Å². The molecule has 2 aliphatic rings. The van der Waals surface area contributed by atoms with Gasteiger partial charge in [0.15, 0.2) is 0 Å². The van der Waals surface area contributed by atoms with Crippen molar-refractivity contribution in [3.05, 3.63) is 53.4 Å². The quantitative estimate of drug-likeness (QED) is 0.723. The van der Waals surface area contributed by atoms with Gasteiger partial charge in [0.25, 0.3) is 5.60 Å². The number of β-amino-alcohol motifs (C(OH)–C–C–N with tert-alkyl or cyclic N) is 1. The van der Waals surface area contributed by atoms with Crippen LogP contribution in [0.5, 0.6) is 0 Å². The number of alkyl halides is 3. The molecule has 33 heavy (non-hydrogen) atoms. The van der Waals surface area contributed by atoms with E-state index in [0.717, 1.165) is 0 Å². The summed E-state index contributed by atoms with van der Waals surface area (Å²) in [4.78, 5) is 20.0. The zero-order chi connectivity index (χ0) is 24.0. The Labute approximate surface area is 189 Å². The maximum atomic E-state index is 14.2. The molecule has 1 fully saturated rings. The van der Waals surface area contributed by atoms with Crippen LogP contribution in [-0.2, 0) is 15.2 Å². The Kier molecular flexibility index (Phi) is 5.98. The molecule has 1 aromatic carbocycles. The minimum absolute atomic E-state index is 0.0107. The first-order valence-corrected chi connectivity index (χ1v) is 10.8. The highest BCUT2D eigenvalue weighted by molar-refractivity contribution is 5.96. The van der Waals surface area contributed by atoms with Gasteiger partial charge in [-0.3, -0.25) is 4.79 Å². The largest absolute Gasteiger partial charge is 0.435 e. The van der Waals surface area contributed by atoms with E-state index in [-0.39, 0.29) is 36.1 Å². The highest BCUT2D eigenvalue weighted by atomic mass is 19.4. The molecule has 7 nitrogen and oxygen atoms in total. The van der Waals surface area contributed by atoms with Crippen LogP contribution in [0.4, 0.5) is 13.2 Å². The van der Waals surface area contributed by atoms with Crippen LogP contribution in [0.25, 0.3) is 0 Å². The Morgan fingerprint density at radius 1 is 1.27 bits per heavy atom. The van der Waals surface area contributed by atoms with Crippen LogP contribution in [0, 0.1) is 12.8 Å². The second-order valence-corrected chi connectivity index (χ2v) is 9.03. The molecule has 1 aromatic heterocycles. The molecule has 4 rings (SSSR count). The van der Waals surface area contributed by atoms with Crippen LogP contribution >= 0.6 is 0 Å². The van der Waals surface area contributed by atoms with Gasteiger partial charge in [-0.1, -0.05) is 54.5 Å². The van der Waals surface area contributed by atoms with Gasteiger partial charge in [0, 0.05) is 31.0 Å². The fourth-order valence-electron chi connectivity index (χ4n) is 4.63. The van der Waals surface area contributed by atoms with Crippen LogP contribution < -0.4 is 0 Å². The van der Waals surface area contributed by atoms with Crippen LogP contribution in [0.3, 0.4) is 0 Å². The lowest BCUT2D eigenvalue weighted by Gasteiger charge is -2.31. The van der Waals surface area contributed by atoms with Crippen molar-refractivity contribution in [2.45, 2.75) is 63.5 Å². The zero-order valence-corrected chi connectivity index (χ0v) is 18.5. The molecule has 0 radical (unpaired) electrons. The van der Waals surface area contributed by atoms with Gasteiger partial charge in [-0.15, -0.1) is 0 Å². The molecule has 2 aromatic rings. The molecule has 0 unspecified atom stereocenters. The predicted octanol–water partition coefficient (Wildman–Crippen LogP) is 3.92. The van der Waals surface area contributed by atoms with Crippen molar-refractivity contribution in [3.8, 4) is 0 Å². The van der Waals surface area contributed by atoms with Gasteiger partial charge >= 0.3 is 6.18 Å². The Morgan fingerprint density at radius 2 is 1.97 bits per heavy atom. The normalized spacial score (nSPS) is 26.4. The lowest BCUT2D eigenvalue weighted by Crippen LogP contribution is -2.47. The molecule has 0 spiro atoms. The fourth-order valence-corrected chi connectivity index (χ4v) is 4.63. The van der Waals surface area contributed by atoms with Gasteiger partial charge in [-0.25, -0.2) is 0 Å². The van der Waals surface area contributed by atoms with Gasteiger partial charge in [0.05, 0.1) is 23.6 Å². The minimum atomic E-state index is -4.73. The molecular weight excluding hydrogens is 439 g/mol. The number of oxime groups is 1. The van der Waals surface area contributed by atoms with Crippen molar-refractivity contribution >= 4 is 11.6 Å². The maximum absolute atomic E-state index is 14.2. The van der Waals surface area contributed by atoms with E-state index in [1.165, 1.54) is 29.2 Å². The van der Waals surface area contributed by atoms with E-state index in [1.54, 1.807) is 19.1 Å². The third-order valence-corrected chi connectivity index (χ3v) is 6.28. The average molecular weight is 465 g/mol. The summed E-state index contributed by atoms with van der Waals surface area (Å²) in [5.74, 6) is -0.826. The number of aliphatic hydroxyl groups is 1. The summed E-state index contributed by atoms with van der Waals surface area (Å²) >= 11 is 0. The van der Waals surface area contributed by atoms with Gasteiger partial charge in [-0.05, 0) is 12.8 Å². The van der Waals surface area contributed by atoms with E-state index in [4.69, 9.17) is 9.36 Å². The number of aliphatic hydroxyl groups excluding tert-OH is 1. The summed E-state index contributed by atoms with van der Waals surface area (Å²) in [5, 5.41) is 18.0. The van der Waals surface area contributed by atoms with Crippen molar-refractivity contribution in [2.75, 3.05) is 6.54 Å². The van der Waals surface area contributed by atoms with Crippen LogP contribution in [0.2, 0.25) is 0 Å². The number of carbonyl (C=O) groups is 1. The number of nitrogens with zero attached hydrogens (tertiary/aromatic N) is 3. The topological polar surface area (TPSA) is 88.2 Å². The minimum Gasteiger partial charge on any atom is -0.391 e. The smallest absolute Gasteiger partial charge is 0.391 e. The van der Waals surface area contributed by atoms with E-state index >= 15 is 0 Å². The van der Waals surface area contributed by atoms with Gasteiger partial charge < -0.3 is 19.4 Å². The highest BCUT2D eigenvalue weighted by Gasteiger charge is 2.63. The second-order valence-electron chi connectivity index (χ2n) is 9.03. The third-order valence-electron chi connectivity index (χ3n) is 6.28. The van der Waals surface area contributed by atoms with Crippen molar-refractivity contribution in [3.63, 3.8) is 0 Å². The van der Waals surface area contributed by atoms with Gasteiger partial charge in [-0.2, -0.15) is 13.2 Å². The van der Waals surface area contributed by atoms with Crippen LogP contribution in [0.15, 0.2) is 46.1 Å². The number of aromatic nitrogens is 1. The number of hydrogen-bond acceptors (Lipinski definition) is 6. The molecule has 1 N–H and O–H groups in total. The molecule has 178 valence electrons. The Morgan fingerprint density at radius 3 is 2.55 bits per heavy atom. The Bertz CT molecular complexity index is 1040. The van der Waals surface area contributed by atoms with E-state index in [0.29, 0.717) is 11.5 Å². The SMILES string of the molecule is Cc1cc([C@@H](C(=O)N2C[C@H](O)C[C@H]2C2=NO[C@](c3ccccc3)(C(F)(F)F)C2)C(C)C)on1. The van der Waals surface area contributed by atoms with Crippen molar-refractivity contribution < 1.29 is 32.4 Å². The molecule has 0 aliphatic carbocycles. The fraction of sp³-hybridized carbons (Fsp3) is 0.522. The number of likely N-dealkylation sites (tertiary alicyclic amines) is 1. The highest BCUT2D eigenvalue weighted by Crippen LogP contribution is 2.49. The summed E-state index contributed by atoms with van der Waals surface area (Å²) in [6.45, 7) is 5.43. The lowest BCUT2D eigenvalue weighted by atomic mass is 9.85. The standard InChI is InChI=1S/C23H26F3N3O4/c1-13(2)20(19-9-14(3)27-32-19)21(31)29-12-16(30)10-18(29)17-11-22(33-28-17,23(24,25)26)15-7-5-4-6-8-15/h4-9,13,16,18,20,30H,10-12H2,1-3H3/t16-,18+,20+,22-/m1/s1. The first-order chi connectivity index (χ1) is 15.5. The zero-order valence-electron chi connectivity index (χ0n) is 18.5. The van der Waals surface area contributed by atoms with E-state index < -0.39 is 36.3 Å². The predicted molar refractivity (Wildman–Crippen MR) is 112 cm³/mol. The van der Waals surface area contributed by atoms with Crippen molar-refractivity contribution in [1.82, 2.24) is 10.1 Å².